The molecule has 114 valence electrons. The number of hydrogen-bond acceptors (Lipinski definition) is 3. The van der Waals surface area contributed by atoms with Gasteiger partial charge in [0.2, 0.25) is 0 Å². The first-order valence-electron chi connectivity index (χ1n) is 7.01. The highest BCUT2D eigenvalue weighted by Crippen LogP contribution is 2.33. The number of fused-ring (bicyclic) bond motifs is 1. The normalized spacial score (nSPS) is 11.9. The summed E-state index contributed by atoms with van der Waals surface area (Å²) < 4.78 is 32.2. The van der Waals surface area contributed by atoms with Crippen LogP contribution in [-0.2, 0) is 14.9 Å². The Morgan fingerprint density at radius 1 is 1.29 bits per heavy atom. The lowest BCUT2D eigenvalue weighted by atomic mass is 9.81. The molecule has 6 heteroatoms. The standard InChI is InChI=1S/C15H18F2N2O2/c1-4-15(5-2,14(20)21-6-3)13-18-11-8-9(16)7-10(17)12(11)19-13/h7-8H,4-6H2,1-3H3,(H,18,19). The molecule has 0 radical (unpaired) electrons. The Kier molecular flexibility index (Phi) is 4.25. The van der Waals surface area contributed by atoms with E-state index in [9.17, 15) is 13.6 Å². The van der Waals surface area contributed by atoms with Gasteiger partial charge < -0.3 is 9.72 Å². The third-order valence-corrected chi connectivity index (χ3v) is 3.83. The molecule has 0 bridgehead atoms. The third kappa shape index (κ3) is 2.50. The molecule has 0 saturated carbocycles. The summed E-state index contributed by atoms with van der Waals surface area (Å²) in [5.74, 6) is -1.54. The van der Waals surface area contributed by atoms with E-state index in [0.717, 1.165) is 12.1 Å². The van der Waals surface area contributed by atoms with Gasteiger partial charge in [0.05, 0.1) is 12.1 Å². The topological polar surface area (TPSA) is 55.0 Å². The highest BCUT2D eigenvalue weighted by molar-refractivity contribution is 5.84. The van der Waals surface area contributed by atoms with Crippen LogP contribution in [0.4, 0.5) is 8.78 Å². The number of imidazole rings is 1. The van der Waals surface area contributed by atoms with Gasteiger partial charge in [0.25, 0.3) is 0 Å². The van der Waals surface area contributed by atoms with Gasteiger partial charge in [-0.05, 0) is 25.8 Å². The van der Waals surface area contributed by atoms with E-state index in [1.54, 1.807) is 6.92 Å². The fraction of sp³-hybridized carbons (Fsp3) is 0.467. The summed E-state index contributed by atoms with van der Waals surface area (Å²) in [7, 11) is 0. The molecule has 0 amide bonds. The van der Waals surface area contributed by atoms with Crippen molar-refractivity contribution in [1.29, 1.82) is 0 Å². The van der Waals surface area contributed by atoms with Crippen molar-refractivity contribution in [3.05, 3.63) is 29.6 Å². The number of ether oxygens (including phenoxy) is 1. The Bertz CT molecular complexity index is 663. The Hall–Kier alpha value is -1.98. The summed E-state index contributed by atoms with van der Waals surface area (Å²) in [5, 5.41) is 0. The van der Waals surface area contributed by atoms with E-state index < -0.39 is 23.0 Å². The van der Waals surface area contributed by atoms with E-state index in [4.69, 9.17) is 4.74 Å². The van der Waals surface area contributed by atoms with Gasteiger partial charge >= 0.3 is 5.97 Å². The van der Waals surface area contributed by atoms with Crippen molar-refractivity contribution in [1.82, 2.24) is 9.97 Å². The van der Waals surface area contributed by atoms with Gasteiger partial charge in [-0.25, -0.2) is 13.8 Å². The number of halogens is 2. The third-order valence-electron chi connectivity index (χ3n) is 3.83. The van der Waals surface area contributed by atoms with Gasteiger partial charge in [0.15, 0.2) is 5.82 Å². The summed E-state index contributed by atoms with van der Waals surface area (Å²) in [6.07, 6.45) is 0.901. The molecule has 4 nitrogen and oxygen atoms in total. The summed E-state index contributed by atoms with van der Waals surface area (Å²) in [6.45, 7) is 5.65. The van der Waals surface area contributed by atoms with Gasteiger partial charge in [0, 0.05) is 6.07 Å². The van der Waals surface area contributed by atoms with Gasteiger partial charge in [-0.1, -0.05) is 13.8 Å². The summed E-state index contributed by atoms with van der Waals surface area (Å²) in [4.78, 5) is 19.3. The van der Waals surface area contributed by atoms with Crippen LogP contribution >= 0.6 is 0 Å². The van der Waals surface area contributed by atoms with Gasteiger partial charge in [-0.3, -0.25) is 4.79 Å². The molecule has 0 aliphatic rings. The highest BCUT2D eigenvalue weighted by atomic mass is 19.1. The molecule has 1 aromatic heterocycles. The number of nitrogens with zero attached hydrogens (tertiary/aromatic N) is 1. The minimum Gasteiger partial charge on any atom is -0.465 e. The van der Waals surface area contributed by atoms with E-state index >= 15 is 0 Å². The SMILES string of the molecule is CCOC(=O)C(CC)(CC)c1nc2c(F)cc(F)cc2[nH]1. The Morgan fingerprint density at radius 3 is 2.52 bits per heavy atom. The number of carbonyl (C=O) groups is 1. The lowest BCUT2D eigenvalue weighted by Crippen LogP contribution is -2.37. The van der Waals surface area contributed by atoms with Crippen LogP contribution in [-0.4, -0.2) is 22.5 Å². The number of esters is 1. The molecule has 2 aromatic rings. The van der Waals surface area contributed by atoms with Crippen LogP contribution in [0.25, 0.3) is 11.0 Å². The van der Waals surface area contributed by atoms with Crippen LogP contribution in [0.15, 0.2) is 12.1 Å². The lowest BCUT2D eigenvalue weighted by Gasteiger charge is -2.26. The number of hydrogen-bond donors (Lipinski definition) is 1. The van der Waals surface area contributed by atoms with Crippen LogP contribution in [0, 0.1) is 11.6 Å². The van der Waals surface area contributed by atoms with Crippen molar-refractivity contribution in [3.8, 4) is 0 Å². The molecule has 0 unspecified atom stereocenters. The molecule has 0 aliphatic heterocycles. The number of H-pyrrole nitrogens is 1. The molecular formula is C15H18F2N2O2. The van der Waals surface area contributed by atoms with Crippen LogP contribution in [0.2, 0.25) is 0 Å². The quantitative estimate of drug-likeness (QED) is 0.860. The maximum absolute atomic E-state index is 13.8. The Balaban J connectivity index is 2.60. The Labute approximate surface area is 121 Å². The predicted octanol–water partition coefficient (Wildman–Crippen LogP) is 3.46. The second-order valence-corrected chi connectivity index (χ2v) is 4.88. The summed E-state index contributed by atoms with van der Waals surface area (Å²) >= 11 is 0. The monoisotopic (exact) mass is 296 g/mol. The van der Waals surface area contributed by atoms with E-state index in [1.165, 1.54) is 0 Å². The summed E-state index contributed by atoms with van der Waals surface area (Å²) in [6, 6.07) is 1.94. The first-order chi connectivity index (χ1) is 9.98. The molecule has 1 aromatic carbocycles. The smallest absolute Gasteiger partial charge is 0.319 e. The molecular weight excluding hydrogens is 278 g/mol. The molecule has 1 N–H and O–H groups in total. The molecule has 0 saturated heterocycles. The first-order valence-corrected chi connectivity index (χ1v) is 7.01. The zero-order valence-corrected chi connectivity index (χ0v) is 12.3. The van der Waals surface area contributed by atoms with Crippen molar-refractivity contribution < 1.29 is 18.3 Å². The fourth-order valence-electron chi connectivity index (χ4n) is 2.51. The first kappa shape index (κ1) is 15.4. The van der Waals surface area contributed by atoms with Crippen LogP contribution in [0.1, 0.15) is 39.4 Å². The van der Waals surface area contributed by atoms with Crippen molar-refractivity contribution in [2.45, 2.75) is 39.0 Å². The number of nitrogens with one attached hydrogen (secondary N) is 1. The second-order valence-electron chi connectivity index (χ2n) is 4.88. The average molecular weight is 296 g/mol. The van der Waals surface area contributed by atoms with Gasteiger partial charge in [-0.15, -0.1) is 0 Å². The number of aromatic nitrogens is 2. The predicted molar refractivity (Wildman–Crippen MR) is 74.9 cm³/mol. The van der Waals surface area contributed by atoms with Crippen molar-refractivity contribution in [3.63, 3.8) is 0 Å². The molecule has 1 heterocycles. The Morgan fingerprint density at radius 2 is 1.95 bits per heavy atom. The van der Waals surface area contributed by atoms with Crippen LogP contribution in [0.3, 0.4) is 0 Å². The minimum absolute atomic E-state index is 0.0296. The van der Waals surface area contributed by atoms with Crippen molar-refractivity contribution in [2.24, 2.45) is 0 Å². The molecule has 21 heavy (non-hydrogen) atoms. The van der Waals surface area contributed by atoms with Crippen LogP contribution < -0.4 is 0 Å². The van der Waals surface area contributed by atoms with E-state index in [1.807, 2.05) is 13.8 Å². The van der Waals surface area contributed by atoms with E-state index in [0.29, 0.717) is 18.7 Å². The molecule has 0 fully saturated rings. The second kappa shape index (κ2) is 5.79. The number of benzene rings is 1. The fourth-order valence-corrected chi connectivity index (χ4v) is 2.51. The maximum Gasteiger partial charge on any atom is 0.319 e. The molecule has 0 aliphatic carbocycles. The van der Waals surface area contributed by atoms with Crippen molar-refractivity contribution >= 4 is 17.0 Å². The largest absolute Gasteiger partial charge is 0.465 e. The highest BCUT2D eigenvalue weighted by Gasteiger charge is 2.41. The molecule has 0 spiro atoms. The van der Waals surface area contributed by atoms with Gasteiger partial charge in [0.1, 0.15) is 22.6 Å². The van der Waals surface area contributed by atoms with Crippen LogP contribution in [0.5, 0.6) is 0 Å². The van der Waals surface area contributed by atoms with E-state index in [-0.39, 0.29) is 17.6 Å². The zero-order valence-electron chi connectivity index (χ0n) is 12.3. The van der Waals surface area contributed by atoms with E-state index in [2.05, 4.69) is 9.97 Å². The van der Waals surface area contributed by atoms with Gasteiger partial charge in [-0.2, -0.15) is 0 Å². The molecule has 0 atom stereocenters. The minimum atomic E-state index is -0.974. The lowest BCUT2D eigenvalue weighted by molar-refractivity contribution is -0.150. The zero-order chi connectivity index (χ0) is 15.6. The number of aromatic amines is 1. The van der Waals surface area contributed by atoms with Crippen molar-refractivity contribution in [2.75, 3.05) is 6.61 Å². The number of carbonyl (C=O) groups excluding carboxylic acids is 1. The molecule has 2 rings (SSSR count). The summed E-state index contributed by atoms with van der Waals surface area (Å²) in [5.41, 5.74) is -0.710. The maximum atomic E-state index is 13.8. The number of rotatable bonds is 5. The average Bonchev–Trinajstić information content (AvgIpc) is 2.85.